The monoisotopic (exact) mass is 461 g/mol. The molecule has 1 aromatic heterocycles. The van der Waals surface area contributed by atoms with Gasteiger partial charge in [-0.15, -0.1) is 0 Å². The van der Waals surface area contributed by atoms with Gasteiger partial charge in [-0.1, -0.05) is 51.2 Å². The topological polar surface area (TPSA) is 83.7 Å². The fraction of sp³-hybridized carbons (Fsp3) is 0.409. The van der Waals surface area contributed by atoms with Gasteiger partial charge in [0.1, 0.15) is 0 Å². The third-order valence-corrected chi connectivity index (χ3v) is 4.89. The average Bonchev–Trinajstić information content (AvgIpc) is 3.16. The van der Waals surface area contributed by atoms with E-state index in [4.69, 9.17) is 4.42 Å². The highest BCUT2D eigenvalue weighted by Crippen LogP contribution is 2.16. The summed E-state index contributed by atoms with van der Waals surface area (Å²) in [4.78, 5) is 24.0. The Hall–Kier alpha value is -2.41. The second-order valence-electron chi connectivity index (χ2n) is 6.89. The average molecular weight is 462 g/mol. The van der Waals surface area contributed by atoms with Crippen molar-refractivity contribution < 1.29 is 14.0 Å². The quantitative estimate of drug-likeness (QED) is 0.248. The molecule has 0 radical (unpaired) electrons. The molecule has 2 amide bonds. The summed E-state index contributed by atoms with van der Waals surface area (Å²) in [6.07, 6.45) is 7.39. The number of hydrogen-bond donors (Lipinski definition) is 2. The number of benzene rings is 1. The van der Waals surface area contributed by atoms with Gasteiger partial charge in [0.15, 0.2) is 10.4 Å². The number of hydrazone groups is 1. The number of nitrogens with zero attached hydrogens (tertiary/aromatic N) is 1. The first kappa shape index (κ1) is 22.9. The lowest BCUT2D eigenvalue weighted by molar-refractivity contribution is -0.121. The third-order valence-electron chi connectivity index (χ3n) is 4.46. The maximum atomic E-state index is 12.1. The number of halogens is 1. The largest absolute Gasteiger partial charge is 0.444 e. The fourth-order valence-corrected chi connectivity index (χ4v) is 3.06. The van der Waals surface area contributed by atoms with Crippen molar-refractivity contribution in [2.75, 3.05) is 5.32 Å². The van der Waals surface area contributed by atoms with Gasteiger partial charge in [0.2, 0.25) is 5.91 Å². The van der Waals surface area contributed by atoms with Crippen LogP contribution >= 0.6 is 15.9 Å². The molecule has 1 aromatic carbocycles. The lowest BCUT2D eigenvalue weighted by Gasteiger charge is -2.06. The molecule has 2 rings (SSSR count). The SMILES string of the molecule is CCCCCCCCC(=O)NN=C(C)c1ccc(NC(=O)c2ccc(Br)o2)cc1. The molecule has 6 nitrogen and oxygen atoms in total. The van der Waals surface area contributed by atoms with Crippen molar-refractivity contribution in [3.05, 3.63) is 52.4 Å². The maximum absolute atomic E-state index is 12.1. The zero-order valence-electron chi connectivity index (χ0n) is 17.0. The maximum Gasteiger partial charge on any atom is 0.291 e. The Bertz CT molecular complexity index is 828. The standard InChI is InChI=1S/C22H28BrN3O3/c1-3-4-5-6-7-8-9-21(27)26-25-16(2)17-10-12-18(13-11-17)24-22(28)19-14-15-20(23)29-19/h10-15H,3-9H2,1-2H3,(H,24,28)(H,26,27). The first-order chi connectivity index (χ1) is 14.0. The lowest BCUT2D eigenvalue weighted by Crippen LogP contribution is -2.18. The molecular weight excluding hydrogens is 434 g/mol. The minimum absolute atomic E-state index is 0.0617. The first-order valence-electron chi connectivity index (χ1n) is 10.00. The molecule has 2 aromatic rings. The molecule has 0 bridgehead atoms. The summed E-state index contributed by atoms with van der Waals surface area (Å²) < 4.78 is 5.73. The first-order valence-corrected chi connectivity index (χ1v) is 10.8. The number of carbonyl (C=O) groups is 2. The number of unbranched alkanes of at least 4 members (excludes halogenated alkanes) is 5. The molecular formula is C22H28BrN3O3. The summed E-state index contributed by atoms with van der Waals surface area (Å²) >= 11 is 3.17. The number of amides is 2. The summed E-state index contributed by atoms with van der Waals surface area (Å²) in [5.41, 5.74) is 4.83. The molecule has 29 heavy (non-hydrogen) atoms. The number of furan rings is 1. The van der Waals surface area contributed by atoms with Gasteiger partial charge in [-0.2, -0.15) is 5.10 Å². The van der Waals surface area contributed by atoms with Crippen LogP contribution in [-0.4, -0.2) is 17.5 Å². The molecule has 0 aliphatic carbocycles. The Morgan fingerprint density at radius 1 is 1.00 bits per heavy atom. The highest BCUT2D eigenvalue weighted by Gasteiger charge is 2.10. The number of carbonyl (C=O) groups excluding carboxylic acids is 2. The van der Waals surface area contributed by atoms with Crippen LogP contribution in [0.2, 0.25) is 0 Å². The van der Waals surface area contributed by atoms with Crippen molar-refractivity contribution in [1.82, 2.24) is 5.43 Å². The van der Waals surface area contributed by atoms with Crippen molar-refractivity contribution in [2.24, 2.45) is 5.10 Å². The van der Waals surface area contributed by atoms with Gasteiger partial charge < -0.3 is 9.73 Å². The second-order valence-corrected chi connectivity index (χ2v) is 7.67. The van der Waals surface area contributed by atoms with Crippen LogP contribution in [0.4, 0.5) is 5.69 Å². The van der Waals surface area contributed by atoms with Gasteiger partial charge in [-0.05, 0) is 59.1 Å². The van der Waals surface area contributed by atoms with E-state index >= 15 is 0 Å². The summed E-state index contributed by atoms with van der Waals surface area (Å²) in [6, 6.07) is 10.5. The van der Waals surface area contributed by atoms with Gasteiger partial charge in [0, 0.05) is 12.1 Å². The van der Waals surface area contributed by atoms with Crippen LogP contribution in [0.3, 0.4) is 0 Å². The second kappa shape index (κ2) is 12.2. The zero-order chi connectivity index (χ0) is 21.1. The number of nitrogens with one attached hydrogen (secondary N) is 2. The molecule has 0 fully saturated rings. The Labute approximate surface area is 180 Å². The van der Waals surface area contributed by atoms with E-state index in [9.17, 15) is 9.59 Å². The van der Waals surface area contributed by atoms with Crippen molar-refractivity contribution in [3.63, 3.8) is 0 Å². The van der Waals surface area contributed by atoms with E-state index in [1.54, 1.807) is 24.3 Å². The molecule has 156 valence electrons. The van der Waals surface area contributed by atoms with Crippen LogP contribution in [0.25, 0.3) is 0 Å². The molecule has 1 heterocycles. The van der Waals surface area contributed by atoms with Crippen LogP contribution in [0, 0.1) is 0 Å². The minimum atomic E-state index is -0.323. The van der Waals surface area contributed by atoms with E-state index in [1.807, 2.05) is 19.1 Å². The van der Waals surface area contributed by atoms with Gasteiger partial charge in [0.05, 0.1) is 5.71 Å². The van der Waals surface area contributed by atoms with E-state index in [2.05, 4.69) is 38.7 Å². The fourth-order valence-electron chi connectivity index (χ4n) is 2.76. The Balaban J connectivity index is 1.77. The van der Waals surface area contributed by atoms with Crippen molar-refractivity contribution in [3.8, 4) is 0 Å². The van der Waals surface area contributed by atoms with E-state index in [0.717, 1.165) is 18.4 Å². The molecule has 0 atom stereocenters. The molecule has 0 aliphatic rings. The molecule has 2 N–H and O–H groups in total. The molecule has 0 saturated heterocycles. The molecule has 0 saturated carbocycles. The molecule has 0 aliphatic heterocycles. The Morgan fingerprint density at radius 2 is 1.69 bits per heavy atom. The number of hydrogen-bond acceptors (Lipinski definition) is 4. The zero-order valence-corrected chi connectivity index (χ0v) is 18.5. The Morgan fingerprint density at radius 3 is 2.34 bits per heavy atom. The Kier molecular flexibility index (Phi) is 9.64. The van der Waals surface area contributed by atoms with Crippen LogP contribution in [-0.2, 0) is 4.79 Å². The molecule has 7 heteroatoms. The van der Waals surface area contributed by atoms with Crippen LogP contribution in [0.15, 0.2) is 50.6 Å². The van der Waals surface area contributed by atoms with Crippen LogP contribution in [0.5, 0.6) is 0 Å². The minimum Gasteiger partial charge on any atom is -0.444 e. The number of anilines is 1. The molecule has 0 spiro atoms. The highest BCUT2D eigenvalue weighted by atomic mass is 79.9. The van der Waals surface area contributed by atoms with Gasteiger partial charge in [-0.3, -0.25) is 9.59 Å². The van der Waals surface area contributed by atoms with Crippen molar-refractivity contribution in [1.29, 1.82) is 0 Å². The summed E-state index contributed by atoms with van der Waals surface area (Å²) in [6.45, 7) is 4.02. The van der Waals surface area contributed by atoms with Gasteiger partial charge in [0.25, 0.3) is 5.91 Å². The highest BCUT2D eigenvalue weighted by molar-refractivity contribution is 9.10. The molecule has 0 unspecified atom stereocenters. The van der Waals surface area contributed by atoms with E-state index < -0.39 is 0 Å². The smallest absolute Gasteiger partial charge is 0.291 e. The van der Waals surface area contributed by atoms with Crippen molar-refractivity contribution >= 4 is 39.1 Å². The lowest BCUT2D eigenvalue weighted by atomic mass is 10.1. The normalized spacial score (nSPS) is 11.3. The summed E-state index contributed by atoms with van der Waals surface area (Å²) in [7, 11) is 0. The van der Waals surface area contributed by atoms with Crippen LogP contribution < -0.4 is 10.7 Å². The third kappa shape index (κ3) is 8.23. The van der Waals surface area contributed by atoms with Gasteiger partial charge in [-0.25, -0.2) is 5.43 Å². The van der Waals surface area contributed by atoms with Crippen LogP contribution in [0.1, 0.15) is 74.9 Å². The number of rotatable bonds is 11. The summed E-state index contributed by atoms with van der Waals surface area (Å²) in [5, 5.41) is 6.94. The van der Waals surface area contributed by atoms with Crippen molar-refractivity contribution in [2.45, 2.75) is 58.8 Å². The van der Waals surface area contributed by atoms with E-state index in [-0.39, 0.29) is 17.6 Å². The van der Waals surface area contributed by atoms with Gasteiger partial charge >= 0.3 is 0 Å². The predicted molar refractivity (Wildman–Crippen MR) is 119 cm³/mol. The van der Waals surface area contributed by atoms with E-state index in [0.29, 0.717) is 22.5 Å². The predicted octanol–water partition coefficient (Wildman–Crippen LogP) is 5.89. The van der Waals surface area contributed by atoms with E-state index in [1.165, 1.54) is 25.7 Å². The summed E-state index contributed by atoms with van der Waals surface area (Å²) in [5.74, 6) is -0.157.